The van der Waals surface area contributed by atoms with Crippen molar-refractivity contribution in [1.82, 2.24) is 4.98 Å². The quantitative estimate of drug-likeness (QED) is 0.450. The molecular weight excluding hydrogens is 374 g/mol. The van der Waals surface area contributed by atoms with Gasteiger partial charge in [-0.15, -0.1) is 11.3 Å². The van der Waals surface area contributed by atoms with Crippen LogP contribution in [0.2, 0.25) is 0 Å². The second kappa shape index (κ2) is 6.06. The highest BCUT2D eigenvalue weighted by Crippen LogP contribution is 2.49. The number of aromatic nitrogens is 1. The molecule has 6 nitrogen and oxygen atoms in total. The van der Waals surface area contributed by atoms with Gasteiger partial charge in [0.25, 0.3) is 0 Å². The predicted molar refractivity (Wildman–Crippen MR) is 97.1 cm³/mol. The predicted octanol–water partition coefficient (Wildman–Crippen LogP) is 2.98. The van der Waals surface area contributed by atoms with Gasteiger partial charge in [-0.2, -0.15) is 0 Å². The lowest BCUT2D eigenvalue weighted by Crippen LogP contribution is -2.37. The number of Topliss-reactive ketones (excluding diaryl/α,β-unsaturated/α-hetero) is 1. The van der Waals surface area contributed by atoms with Gasteiger partial charge in [-0.05, 0) is 26.0 Å². The summed E-state index contributed by atoms with van der Waals surface area (Å²) < 4.78 is 12.4. The Hall–Kier alpha value is -1.93. The molecule has 3 heterocycles. The molecule has 2 aliphatic heterocycles. The lowest BCUT2D eigenvalue weighted by molar-refractivity contribution is -0.162. The molecule has 2 saturated heterocycles. The zero-order chi connectivity index (χ0) is 18.5. The largest absolute Gasteiger partial charge is 0.462 e. The van der Waals surface area contributed by atoms with Crippen LogP contribution in [0, 0.1) is 5.41 Å². The Labute approximate surface area is 158 Å². The molecule has 3 atom stereocenters. The SMILES string of the molecule is C[C@@H]1C[C@]2(C[C@@](C)(C(=O)CSc3nc4ccccc4s3)OC2=O)C(=O)O1. The fourth-order valence-electron chi connectivity index (χ4n) is 3.56. The molecule has 0 unspecified atom stereocenters. The van der Waals surface area contributed by atoms with Gasteiger partial charge in [0, 0.05) is 12.8 Å². The van der Waals surface area contributed by atoms with E-state index in [0.29, 0.717) is 0 Å². The van der Waals surface area contributed by atoms with Crippen molar-refractivity contribution >= 4 is 51.0 Å². The molecule has 0 amide bonds. The van der Waals surface area contributed by atoms with Crippen LogP contribution in [-0.2, 0) is 23.9 Å². The van der Waals surface area contributed by atoms with Gasteiger partial charge in [0.15, 0.2) is 21.1 Å². The number of cyclic esters (lactones) is 2. The molecule has 4 rings (SSSR count). The number of rotatable bonds is 4. The highest BCUT2D eigenvalue weighted by molar-refractivity contribution is 8.01. The van der Waals surface area contributed by atoms with Crippen molar-refractivity contribution in [3.63, 3.8) is 0 Å². The van der Waals surface area contributed by atoms with Gasteiger partial charge >= 0.3 is 11.9 Å². The first kappa shape index (κ1) is 17.5. The van der Waals surface area contributed by atoms with Crippen LogP contribution in [-0.4, -0.2) is 40.2 Å². The van der Waals surface area contributed by atoms with Crippen molar-refractivity contribution in [2.45, 2.75) is 42.7 Å². The fourth-order valence-corrected chi connectivity index (χ4v) is 5.66. The smallest absolute Gasteiger partial charge is 0.324 e. The van der Waals surface area contributed by atoms with Crippen molar-refractivity contribution in [2.75, 3.05) is 5.75 Å². The van der Waals surface area contributed by atoms with Crippen LogP contribution >= 0.6 is 23.1 Å². The maximum atomic E-state index is 12.8. The lowest BCUT2D eigenvalue weighted by Gasteiger charge is -2.20. The fraction of sp³-hybridized carbons (Fsp3) is 0.444. The molecule has 1 aromatic heterocycles. The second-order valence-electron chi connectivity index (χ2n) is 6.96. The van der Waals surface area contributed by atoms with Crippen LogP contribution in [0.5, 0.6) is 0 Å². The molecular formula is C18H17NO5S2. The average molecular weight is 391 g/mol. The van der Waals surface area contributed by atoms with Crippen LogP contribution in [0.4, 0.5) is 0 Å². The average Bonchev–Trinajstić information content (AvgIpc) is 3.20. The Morgan fingerprint density at radius 3 is 2.81 bits per heavy atom. The highest BCUT2D eigenvalue weighted by Gasteiger charge is 2.65. The topological polar surface area (TPSA) is 82.6 Å². The number of hydrogen-bond donors (Lipinski definition) is 0. The van der Waals surface area contributed by atoms with E-state index >= 15 is 0 Å². The summed E-state index contributed by atoms with van der Waals surface area (Å²) >= 11 is 2.84. The molecule has 0 saturated carbocycles. The van der Waals surface area contributed by atoms with Gasteiger partial charge in [-0.25, -0.2) is 4.98 Å². The Balaban J connectivity index is 1.47. The third kappa shape index (κ3) is 2.72. The molecule has 8 heteroatoms. The van der Waals surface area contributed by atoms with Crippen molar-refractivity contribution in [2.24, 2.45) is 5.41 Å². The first-order chi connectivity index (χ1) is 12.3. The van der Waals surface area contributed by atoms with Crippen LogP contribution in [0.3, 0.4) is 0 Å². The number of thioether (sulfide) groups is 1. The van der Waals surface area contributed by atoms with Gasteiger partial charge in [-0.1, -0.05) is 23.9 Å². The van der Waals surface area contributed by atoms with E-state index in [4.69, 9.17) is 9.47 Å². The maximum absolute atomic E-state index is 12.8. The van der Waals surface area contributed by atoms with Gasteiger partial charge in [0.05, 0.1) is 16.0 Å². The summed E-state index contributed by atoms with van der Waals surface area (Å²) in [6.07, 6.45) is -0.0376. The van der Waals surface area contributed by atoms with Gasteiger partial charge < -0.3 is 9.47 Å². The van der Waals surface area contributed by atoms with E-state index in [1.54, 1.807) is 13.8 Å². The number of para-hydroxylation sites is 1. The summed E-state index contributed by atoms with van der Waals surface area (Å²) in [6.45, 7) is 3.32. The first-order valence-electron chi connectivity index (χ1n) is 8.29. The van der Waals surface area contributed by atoms with E-state index in [-0.39, 0.29) is 30.5 Å². The molecule has 0 bridgehead atoms. The summed E-state index contributed by atoms with van der Waals surface area (Å²) in [5.74, 6) is -1.32. The second-order valence-corrected chi connectivity index (χ2v) is 9.21. The van der Waals surface area contributed by atoms with E-state index in [1.165, 1.54) is 23.1 Å². The number of carbonyl (C=O) groups is 3. The molecule has 0 aliphatic carbocycles. The summed E-state index contributed by atoms with van der Waals surface area (Å²) in [7, 11) is 0. The number of ketones is 1. The molecule has 2 aromatic rings. The van der Waals surface area contributed by atoms with Crippen LogP contribution in [0.15, 0.2) is 28.6 Å². The number of fused-ring (bicyclic) bond motifs is 1. The highest BCUT2D eigenvalue weighted by atomic mass is 32.2. The molecule has 0 N–H and O–H groups in total. The Kier molecular flexibility index (Phi) is 4.07. The minimum absolute atomic E-state index is 0.0429. The van der Waals surface area contributed by atoms with E-state index in [0.717, 1.165) is 14.6 Å². The summed E-state index contributed by atoms with van der Waals surface area (Å²) in [4.78, 5) is 41.8. The van der Waals surface area contributed by atoms with E-state index in [9.17, 15) is 14.4 Å². The van der Waals surface area contributed by atoms with Crippen molar-refractivity contribution in [3.05, 3.63) is 24.3 Å². The van der Waals surface area contributed by atoms with Crippen LogP contribution < -0.4 is 0 Å². The normalized spacial score (nSPS) is 30.8. The molecule has 0 radical (unpaired) electrons. The van der Waals surface area contributed by atoms with Crippen molar-refractivity contribution in [3.8, 4) is 0 Å². The molecule has 26 heavy (non-hydrogen) atoms. The third-order valence-electron chi connectivity index (χ3n) is 4.87. The maximum Gasteiger partial charge on any atom is 0.324 e. The van der Waals surface area contributed by atoms with E-state index in [1.807, 2.05) is 24.3 Å². The van der Waals surface area contributed by atoms with E-state index < -0.39 is 23.0 Å². The Morgan fingerprint density at radius 2 is 2.12 bits per heavy atom. The standard InChI is InChI=1S/C18H17NO5S2/c1-10-7-18(14(21)23-10)9-17(2,24-15(18)22)13(20)8-25-16-19-11-5-3-4-6-12(11)26-16/h3-6,10H,7-9H2,1-2H3/t10-,17+,18+/m1/s1. The molecule has 2 aliphatic rings. The number of nitrogens with zero attached hydrogens (tertiary/aromatic N) is 1. The minimum Gasteiger partial charge on any atom is -0.462 e. The Bertz CT molecular complexity index is 892. The summed E-state index contributed by atoms with van der Waals surface area (Å²) in [5.41, 5.74) is -1.73. The monoisotopic (exact) mass is 391 g/mol. The zero-order valence-electron chi connectivity index (χ0n) is 14.3. The zero-order valence-corrected chi connectivity index (χ0v) is 15.9. The number of ether oxygens (including phenoxy) is 2. The number of hydrogen-bond acceptors (Lipinski definition) is 8. The van der Waals surface area contributed by atoms with Crippen LogP contribution in [0.25, 0.3) is 10.2 Å². The summed E-state index contributed by atoms with van der Waals surface area (Å²) in [6, 6.07) is 7.77. The van der Waals surface area contributed by atoms with Crippen LogP contribution in [0.1, 0.15) is 26.7 Å². The lowest BCUT2D eigenvalue weighted by atomic mass is 9.77. The number of thiazole rings is 1. The van der Waals surface area contributed by atoms with Gasteiger partial charge in [-0.3, -0.25) is 14.4 Å². The van der Waals surface area contributed by atoms with Crippen molar-refractivity contribution in [1.29, 1.82) is 0 Å². The third-order valence-corrected chi connectivity index (χ3v) is 7.05. The molecule has 1 spiro atoms. The van der Waals surface area contributed by atoms with Crippen molar-refractivity contribution < 1.29 is 23.9 Å². The summed E-state index contributed by atoms with van der Waals surface area (Å²) in [5, 5.41) is 0. The molecule has 1 aromatic carbocycles. The van der Waals surface area contributed by atoms with Gasteiger partial charge in [0.1, 0.15) is 6.10 Å². The molecule has 2 fully saturated rings. The van der Waals surface area contributed by atoms with Gasteiger partial charge in [0.2, 0.25) is 0 Å². The number of esters is 2. The first-order valence-corrected chi connectivity index (χ1v) is 10.1. The number of carbonyl (C=O) groups excluding carboxylic acids is 3. The molecule has 136 valence electrons. The Morgan fingerprint density at radius 1 is 1.35 bits per heavy atom. The van der Waals surface area contributed by atoms with E-state index in [2.05, 4.69) is 4.98 Å². The minimum atomic E-state index is -1.33. The number of benzene rings is 1.